The van der Waals surface area contributed by atoms with Gasteiger partial charge in [0.1, 0.15) is 5.69 Å². The molecule has 5 aromatic carbocycles. The summed E-state index contributed by atoms with van der Waals surface area (Å²) in [5, 5.41) is 15.7. The summed E-state index contributed by atoms with van der Waals surface area (Å²) in [5.74, 6) is 0.0170. The molecule has 1 aliphatic carbocycles. The predicted octanol–water partition coefficient (Wildman–Crippen LogP) is 9.52. The van der Waals surface area contributed by atoms with Gasteiger partial charge >= 0.3 is 0 Å². The number of thioether (sulfide) groups is 1. The van der Waals surface area contributed by atoms with Gasteiger partial charge in [-0.1, -0.05) is 85.6 Å². The highest BCUT2D eigenvalue weighted by atomic mass is 32.2. The fourth-order valence-corrected chi connectivity index (χ4v) is 10.3. The summed E-state index contributed by atoms with van der Waals surface area (Å²) in [5.41, 5.74) is 3.97. The van der Waals surface area contributed by atoms with Gasteiger partial charge in [-0.3, -0.25) is 14.9 Å². The highest BCUT2D eigenvalue weighted by Gasteiger charge is 2.37. The van der Waals surface area contributed by atoms with Gasteiger partial charge in [0, 0.05) is 60.1 Å². The molecule has 10 nitrogen and oxygen atoms in total. The number of sulfonamides is 1. The number of hydrogen-bond acceptors (Lipinski definition) is 9. The van der Waals surface area contributed by atoms with Gasteiger partial charge in [-0.25, -0.2) is 13.1 Å². The van der Waals surface area contributed by atoms with Crippen LogP contribution in [-0.4, -0.2) is 56.3 Å². The van der Waals surface area contributed by atoms with Crippen molar-refractivity contribution in [2.24, 2.45) is 0 Å². The maximum absolute atomic E-state index is 13.4. The normalized spacial score (nSPS) is 16.2. The molecule has 0 atom stereocenters. The zero-order valence-corrected chi connectivity index (χ0v) is 33.7. The van der Waals surface area contributed by atoms with E-state index >= 15 is 0 Å². The molecule has 0 aromatic heterocycles. The number of nitrogens with one attached hydrogen (secondary N) is 2. The lowest BCUT2D eigenvalue weighted by Gasteiger charge is -2.42. The average molecular weight is 805 g/mol. The smallest absolute Gasteiger partial charge is 0.293 e. The van der Waals surface area contributed by atoms with Gasteiger partial charge in [0.25, 0.3) is 21.6 Å². The van der Waals surface area contributed by atoms with E-state index in [1.54, 1.807) is 31.0 Å². The van der Waals surface area contributed by atoms with Gasteiger partial charge in [-0.05, 0) is 97.3 Å². The number of carbonyl (C=O) groups excluding carboxylic acids is 1. The number of nitro benzene ring substituents is 1. The molecule has 296 valence electrons. The lowest BCUT2D eigenvalue weighted by molar-refractivity contribution is -0.384. The molecule has 5 aromatic rings. The number of anilines is 2. The minimum Gasteiger partial charge on any atom is -0.378 e. The Hall–Kier alpha value is -5.17. The van der Waals surface area contributed by atoms with Crippen LogP contribution in [0.1, 0.15) is 60.9 Å². The molecule has 1 aliphatic heterocycles. The van der Waals surface area contributed by atoms with E-state index in [-0.39, 0.29) is 33.0 Å². The third-order valence-electron chi connectivity index (χ3n) is 11.5. The summed E-state index contributed by atoms with van der Waals surface area (Å²) in [4.78, 5) is 28.0. The number of piperidine rings is 1. The van der Waals surface area contributed by atoms with E-state index in [0.29, 0.717) is 0 Å². The number of benzene rings is 5. The Labute approximate surface area is 339 Å². The van der Waals surface area contributed by atoms with Crippen LogP contribution < -0.4 is 14.9 Å². The number of carbonyl (C=O) groups is 1. The van der Waals surface area contributed by atoms with Crippen molar-refractivity contribution in [1.29, 1.82) is 0 Å². The van der Waals surface area contributed by atoms with Crippen LogP contribution >= 0.6 is 11.8 Å². The zero-order valence-electron chi connectivity index (χ0n) is 32.1. The second-order valence-electron chi connectivity index (χ2n) is 15.0. The molecule has 1 saturated carbocycles. The van der Waals surface area contributed by atoms with Gasteiger partial charge in [0.15, 0.2) is 0 Å². The molecule has 2 fully saturated rings. The summed E-state index contributed by atoms with van der Waals surface area (Å²) >= 11 is 1.74. The molecule has 12 heteroatoms. The molecular formula is C45H48N4O6S2. The fraction of sp³-hybridized carbons (Fsp3) is 0.311. The number of amides is 1. The molecule has 0 spiro atoms. The van der Waals surface area contributed by atoms with Crippen LogP contribution in [-0.2, 0) is 21.2 Å². The summed E-state index contributed by atoms with van der Waals surface area (Å²) in [6.07, 6.45) is 6.95. The minimum absolute atomic E-state index is 0.160. The van der Waals surface area contributed by atoms with Gasteiger partial charge in [0.05, 0.1) is 15.4 Å². The van der Waals surface area contributed by atoms with Crippen LogP contribution in [0.25, 0.3) is 11.1 Å². The van der Waals surface area contributed by atoms with E-state index in [9.17, 15) is 23.3 Å². The third-order valence-corrected chi connectivity index (χ3v) is 13.8. The van der Waals surface area contributed by atoms with E-state index in [1.165, 1.54) is 28.8 Å². The Bertz CT molecular complexity index is 2270. The molecule has 2 N–H and O–H groups in total. The average Bonchev–Trinajstić information content (AvgIpc) is 3.70. The number of rotatable bonds is 15. The Morgan fingerprint density at radius 2 is 1.49 bits per heavy atom. The molecule has 1 amide bonds. The van der Waals surface area contributed by atoms with Crippen LogP contribution in [0.5, 0.6) is 0 Å². The monoisotopic (exact) mass is 804 g/mol. The summed E-state index contributed by atoms with van der Waals surface area (Å²) in [6, 6.07) is 39.5. The van der Waals surface area contributed by atoms with E-state index in [2.05, 4.69) is 75.6 Å². The number of nitro groups is 1. The van der Waals surface area contributed by atoms with E-state index in [0.717, 1.165) is 86.9 Å². The number of nitrogens with zero attached hydrogens (tertiary/aromatic N) is 2. The number of methoxy groups -OCH3 is 1. The summed E-state index contributed by atoms with van der Waals surface area (Å²) in [6.45, 7) is 1.50. The minimum atomic E-state index is -4.42. The second-order valence-corrected chi connectivity index (χ2v) is 17.9. The molecule has 0 radical (unpaired) electrons. The Morgan fingerprint density at radius 1 is 0.842 bits per heavy atom. The van der Waals surface area contributed by atoms with Crippen molar-refractivity contribution < 1.29 is 22.9 Å². The van der Waals surface area contributed by atoms with Crippen molar-refractivity contribution in [1.82, 2.24) is 4.72 Å². The molecule has 0 bridgehead atoms. The lowest BCUT2D eigenvalue weighted by atomic mass is 9.82. The molecule has 1 saturated heterocycles. The van der Waals surface area contributed by atoms with Crippen molar-refractivity contribution in [3.63, 3.8) is 0 Å². The Balaban J connectivity index is 0.976. The van der Waals surface area contributed by atoms with Crippen LogP contribution in [0.15, 0.2) is 137 Å². The first kappa shape index (κ1) is 40.0. The van der Waals surface area contributed by atoms with Crippen molar-refractivity contribution >= 4 is 44.8 Å². The van der Waals surface area contributed by atoms with Crippen LogP contribution in [0.2, 0.25) is 0 Å². The molecule has 2 aliphatic rings. The molecule has 7 rings (SSSR count). The van der Waals surface area contributed by atoms with Crippen molar-refractivity contribution in [3.8, 4) is 11.1 Å². The van der Waals surface area contributed by atoms with Gasteiger partial charge in [0.2, 0.25) is 0 Å². The van der Waals surface area contributed by atoms with Crippen molar-refractivity contribution in [2.75, 3.05) is 36.2 Å². The van der Waals surface area contributed by atoms with E-state index < -0.39 is 20.9 Å². The van der Waals surface area contributed by atoms with Gasteiger partial charge < -0.3 is 15.0 Å². The first-order valence-electron chi connectivity index (χ1n) is 19.4. The highest BCUT2D eigenvalue weighted by Crippen LogP contribution is 2.41. The van der Waals surface area contributed by atoms with Crippen LogP contribution in [0.4, 0.5) is 17.1 Å². The second kappa shape index (κ2) is 17.5. The van der Waals surface area contributed by atoms with Crippen molar-refractivity contribution in [3.05, 3.63) is 149 Å². The largest absolute Gasteiger partial charge is 0.378 e. The number of ether oxygens (including phenoxy) is 1. The fourth-order valence-electron chi connectivity index (χ4n) is 8.20. The third kappa shape index (κ3) is 9.52. The first-order chi connectivity index (χ1) is 27.6. The van der Waals surface area contributed by atoms with E-state index in [4.69, 9.17) is 4.74 Å². The topological polar surface area (TPSA) is 131 Å². The molecular weight excluding hydrogens is 757 g/mol. The van der Waals surface area contributed by atoms with Crippen LogP contribution in [0.3, 0.4) is 0 Å². The number of hydrogen-bond donors (Lipinski definition) is 2. The molecule has 1 heterocycles. The quantitative estimate of drug-likeness (QED) is 0.0604. The SMILES string of the molecule is COC1(Cc2ccccc2-c2ccccc2)CCN(c2ccc(C(=O)NS(=O)(=O)c3ccc(NC4(CCSc5ccccc5)CCCC4)c([N+](=O)[O-])c3)cc2)CC1. The van der Waals surface area contributed by atoms with E-state index in [1.807, 2.05) is 36.4 Å². The Morgan fingerprint density at radius 3 is 2.16 bits per heavy atom. The summed E-state index contributed by atoms with van der Waals surface area (Å²) in [7, 11) is -2.64. The highest BCUT2D eigenvalue weighted by molar-refractivity contribution is 7.99. The molecule has 0 unspecified atom stereocenters. The maximum atomic E-state index is 13.4. The Kier molecular flexibility index (Phi) is 12.3. The standard InChI is InChI=1S/C45H48N4O6S2/c1-55-45(33-36-14-8-9-17-40(36)34-12-4-2-5-13-34)26-29-48(30-27-45)37-20-18-35(19-21-37)43(50)47-57(53,54)39-22-23-41(42(32-39)49(51)52)46-44(24-10-11-25-44)28-31-56-38-15-6-3-7-16-38/h2-9,12-23,32,46H,10-11,24-31,33H2,1H3,(H,47,50). The first-order valence-corrected chi connectivity index (χ1v) is 21.9. The van der Waals surface area contributed by atoms with Crippen molar-refractivity contribution in [2.45, 2.75) is 72.3 Å². The van der Waals surface area contributed by atoms with Gasteiger partial charge in [-0.15, -0.1) is 11.8 Å². The molecule has 57 heavy (non-hydrogen) atoms. The predicted molar refractivity (Wildman–Crippen MR) is 228 cm³/mol. The van der Waals surface area contributed by atoms with Crippen LogP contribution in [0, 0.1) is 10.1 Å². The summed E-state index contributed by atoms with van der Waals surface area (Å²) < 4.78 is 35.2. The zero-order chi connectivity index (χ0) is 39.9. The maximum Gasteiger partial charge on any atom is 0.293 e. The van der Waals surface area contributed by atoms with Gasteiger partial charge in [-0.2, -0.15) is 0 Å². The lowest BCUT2D eigenvalue weighted by Crippen LogP contribution is -2.47.